The fraction of sp³-hybridized carbons (Fsp3) is 0.929. The molecule has 1 saturated heterocycles. The summed E-state index contributed by atoms with van der Waals surface area (Å²) in [6, 6.07) is 0. The van der Waals surface area contributed by atoms with Crippen molar-refractivity contribution in [3.8, 4) is 0 Å². The Morgan fingerprint density at radius 1 is 0.667 bits per heavy atom. The maximum Gasteiger partial charge on any atom is 0.310 e. The molecule has 0 bridgehead atoms. The van der Waals surface area contributed by atoms with Crippen LogP contribution in [0.1, 0.15) is 92.9 Å². The molecule has 0 aromatic carbocycles. The Morgan fingerprint density at radius 3 is 1.42 bits per heavy atom. The number of ether oxygens (including phenoxy) is 3. The van der Waals surface area contributed by atoms with E-state index in [1.165, 1.54) is 12.8 Å². The van der Waals surface area contributed by atoms with Gasteiger partial charge in [-0.2, -0.15) is 0 Å². The Bertz CT molecular complexity index is 644. The first-order valence-electron chi connectivity index (χ1n) is 13.7. The van der Waals surface area contributed by atoms with Gasteiger partial charge in [-0.15, -0.1) is 0 Å². The van der Waals surface area contributed by atoms with Crippen LogP contribution in [0, 0.1) is 47.3 Å². The molecule has 0 unspecified atom stereocenters. The summed E-state index contributed by atoms with van der Waals surface area (Å²) in [5.41, 5.74) is 0. The molecule has 0 amide bonds. The summed E-state index contributed by atoms with van der Waals surface area (Å²) in [6.45, 7) is 13.4. The van der Waals surface area contributed by atoms with Crippen molar-refractivity contribution in [1.82, 2.24) is 0 Å². The number of fused-ring (bicyclic) bond motifs is 1. The molecule has 1 heterocycles. The quantitative estimate of drug-likeness (QED) is 0.369. The number of carbonyl (C=O) groups is 2. The summed E-state index contributed by atoms with van der Waals surface area (Å²) in [4.78, 5) is 26.9. The summed E-state index contributed by atoms with van der Waals surface area (Å²) in [5, 5.41) is 0. The van der Waals surface area contributed by atoms with Gasteiger partial charge in [0.2, 0.25) is 0 Å². The minimum absolute atomic E-state index is 0.0414. The van der Waals surface area contributed by atoms with Crippen LogP contribution >= 0.6 is 0 Å². The molecule has 3 aliphatic carbocycles. The SMILES string of the molecule is CC(C)[C@H]1CC[C@H](C)C[C@@H]1OC(=O)[C@@H]1C[C@@H]2O[C@@H]2C[C@H]1C(=O)O[C@H]1C[C@@H](C)CC[C@@H]1C(C)C. The molecule has 188 valence electrons. The number of rotatable bonds is 6. The molecule has 4 rings (SSSR count). The minimum Gasteiger partial charge on any atom is -0.462 e. The number of epoxide rings is 1. The van der Waals surface area contributed by atoms with Crippen LogP contribution in [0.15, 0.2) is 0 Å². The second kappa shape index (κ2) is 10.3. The van der Waals surface area contributed by atoms with Crippen molar-refractivity contribution in [3.05, 3.63) is 0 Å². The monoisotopic (exact) mass is 462 g/mol. The van der Waals surface area contributed by atoms with Gasteiger partial charge in [0.25, 0.3) is 0 Å². The minimum atomic E-state index is -0.440. The zero-order valence-electron chi connectivity index (χ0n) is 21.6. The van der Waals surface area contributed by atoms with Crippen LogP contribution in [-0.2, 0) is 23.8 Å². The molecule has 3 saturated carbocycles. The Kier molecular flexibility index (Phi) is 7.77. The van der Waals surface area contributed by atoms with Crippen molar-refractivity contribution >= 4 is 11.9 Å². The summed E-state index contributed by atoms with van der Waals surface area (Å²) in [7, 11) is 0. The number of carbonyl (C=O) groups excluding carboxylic acids is 2. The molecule has 4 aliphatic rings. The highest BCUT2D eigenvalue weighted by Crippen LogP contribution is 2.46. The van der Waals surface area contributed by atoms with Crippen LogP contribution in [0.3, 0.4) is 0 Å². The van der Waals surface area contributed by atoms with E-state index in [1.54, 1.807) is 0 Å². The maximum absolute atomic E-state index is 13.5. The van der Waals surface area contributed by atoms with Gasteiger partial charge in [0.15, 0.2) is 0 Å². The average Bonchev–Trinajstić information content (AvgIpc) is 3.51. The molecule has 0 radical (unpaired) electrons. The molecule has 1 aliphatic heterocycles. The Balaban J connectivity index is 1.44. The molecule has 10 atom stereocenters. The normalized spacial score (nSPS) is 43.2. The number of esters is 2. The van der Waals surface area contributed by atoms with Gasteiger partial charge in [-0.25, -0.2) is 0 Å². The van der Waals surface area contributed by atoms with Gasteiger partial charge in [-0.05, 0) is 74.0 Å². The third-order valence-electron chi connectivity index (χ3n) is 9.21. The average molecular weight is 463 g/mol. The van der Waals surface area contributed by atoms with Gasteiger partial charge in [0.05, 0.1) is 24.0 Å². The Labute approximate surface area is 200 Å². The van der Waals surface area contributed by atoms with Gasteiger partial charge < -0.3 is 14.2 Å². The molecule has 4 fully saturated rings. The van der Waals surface area contributed by atoms with Crippen LogP contribution in [0.5, 0.6) is 0 Å². The zero-order valence-corrected chi connectivity index (χ0v) is 21.6. The smallest absolute Gasteiger partial charge is 0.310 e. The Hall–Kier alpha value is -1.10. The predicted molar refractivity (Wildman–Crippen MR) is 127 cm³/mol. The number of hydrogen-bond acceptors (Lipinski definition) is 5. The lowest BCUT2D eigenvalue weighted by Crippen LogP contribution is -2.44. The van der Waals surface area contributed by atoms with E-state index in [4.69, 9.17) is 14.2 Å². The maximum atomic E-state index is 13.5. The van der Waals surface area contributed by atoms with Gasteiger partial charge in [-0.1, -0.05) is 54.4 Å². The van der Waals surface area contributed by atoms with Crippen molar-refractivity contribution in [2.24, 2.45) is 47.3 Å². The molecule has 5 nitrogen and oxygen atoms in total. The van der Waals surface area contributed by atoms with Gasteiger partial charge in [-0.3, -0.25) is 9.59 Å². The van der Waals surface area contributed by atoms with Crippen molar-refractivity contribution in [3.63, 3.8) is 0 Å². The molecule has 0 N–H and O–H groups in total. The van der Waals surface area contributed by atoms with Crippen LogP contribution in [0.25, 0.3) is 0 Å². The van der Waals surface area contributed by atoms with E-state index in [0.717, 1.165) is 25.7 Å². The third-order valence-corrected chi connectivity index (χ3v) is 9.21. The zero-order chi connectivity index (χ0) is 23.9. The summed E-state index contributed by atoms with van der Waals surface area (Å²) in [5.74, 6) is 1.64. The second-order valence-corrected chi connectivity index (χ2v) is 12.5. The van der Waals surface area contributed by atoms with E-state index in [1.807, 2.05) is 0 Å². The first-order chi connectivity index (χ1) is 15.6. The van der Waals surface area contributed by atoms with E-state index in [9.17, 15) is 9.59 Å². The summed E-state index contributed by atoms with van der Waals surface area (Å²) < 4.78 is 18.1. The first-order valence-corrected chi connectivity index (χ1v) is 13.7. The topological polar surface area (TPSA) is 65.1 Å². The largest absolute Gasteiger partial charge is 0.462 e. The second-order valence-electron chi connectivity index (χ2n) is 12.5. The van der Waals surface area contributed by atoms with E-state index >= 15 is 0 Å². The van der Waals surface area contributed by atoms with Crippen molar-refractivity contribution in [1.29, 1.82) is 0 Å². The van der Waals surface area contributed by atoms with E-state index in [2.05, 4.69) is 41.5 Å². The van der Waals surface area contributed by atoms with Crippen molar-refractivity contribution in [2.75, 3.05) is 0 Å². The van der Waals surface area contributed by atoms with Gasteiger partial charge in [0, 0.05) is 0 Å². The first kappa shape index (κ1) is 25.0. The Morgan fingerprint density at radius 2 is 1.06 bits per heavy atom. The van der Waals surface area contributed by atoms with Crippen molar-refractivity contribution < 1.29 is 23.8 Å². The predicted octanol–water partition coefficient (Wildman–Crippen LogP) is 5.79. The molecule has 0 spiro atoms. The van der Waals surface area contributed by atoms with Gasteiger partial charge >= 0.3 is 11.9 Å². The van der Waals surface area contributed by atoms with Gasteiger partial charge in [0.1, 0.15) is 12.2 Å². The lowest BCUT2D eigenvalue weighted by atomic mass is 9.74. The molecule has 0 aromatic heterocycles. The van der Waals surface area contributed by atoms with Crippen LogP contribution in [-0.4, -0.2) is 36.4 Å². The highest BCUT2D eigenvalue weighted by atomic mass is 16.6. The van der Waals surface area contributed by atoms with Crippen molar-refractivity contribution in [2.45, 2.75) is 117 Å². The highest BCUT2D eigenvalue weighted by molar-refractivity contribution is 5.83. The summed E-state index contributed by atoms with van der Waals surface area (Å²) in [6.07, 6.45) is 7.78. The lowest BCUT2D eigenvalue weighted by Gasteiger charge is -2.39. The molecular weight excluding hydrogens is 416 g/mol. The van der Waals surface area contributed by atoms with Crippen LogP contribution in [0.2, 0.25) is 0 Å². The fourth-order valence-corrected chi connectivity index (χ4v) is 6.92. The fourth-order valence-electron chi connectivity index (χ4n) is 6.92. The molecular formula is C28H46O5. The summed E-state index contributed by atoms with van der Waals surface area (Å²) >= 11 is 0. The standard InChI is InChI=1S/C28H46O5/c1-15(2)19-9-7-17(5)11-23(19)32-27(29)21-13-25-26(31-25)14-22(21)28(30)33-24-12-18(6)8-10-20(24)16(3)4/h15-26H,7-14H2,1-6H3/t17-,18-,19+,20+,21+,22+,23-,24-,25-,26+/m0/s1. The lowest BCUT2D eigenvalue weighted by molar-refractivity contribution is -0.175. The highest BCUT2D eigenvalue weighted by Gasteiger charge is 2.54. The van der Waals surface area contributed by atoms with E-state index in [0.29, 0.717) is 48.3 Å². The molecule has 33 heavy (non-hydrogen) atoms. The van der Waals surface area contributed by atoms with E-state index in [-0.39, 0.29) is 36.4 Å². The molecule has 0 aromatic rings. The molecule has 5 heteroatoms. The number of hydrogen-bond donors (Lipinski definition) is 0. The van der Waals surface area contributed by atoms with Crippen LogP contribution in [0.4, 0.5) is 0 Å². The van der Waals surface area contributed by atoms with E-state index < -0.39 is 11.8 Å². The third kappa shape index (κ3) is 5.77. The van der Waals surface area contributed by atoms with Crippen LogP contribution < -0.4 is 0 Å².